The van der Waals surface area contributed by atoms with Crippen LogP contribution in [0.4, 0.5) is 0 Å². The molecule has 0 spiro atoms. The Morgan fingerprint density at radius 3 is 2.46 bits per heavy atom. The number of rotatable bonds is 5. The number of ether oxygens (including phenoxy) is 2. The number of amides is 1. The molecule has 1 atom stereocenters. The van der Waals surface area contributed by atoms with Crippen molar-refractivity contribution < 1.29 is 22.7 Å². The molecule has 1 unspecified atom stereocenters. The summed E-state index contributed by atoms with van der Waals surface area (Å²) in [5.41, 5.74) is 1.45. The zero-order valence-electron chi connectivity index (χ0n) is 14.5. The van der Waals surface area contributed by atoms with Gasteiger partial charge in [0.05, 0.1) is 19.1 Å². The normalized spacial score (nSPS) is 17.8. The third kappa shape index (κ3) is 3.66. The van der Waals surface area contributed by atoms with Crippen molar-refractivity contribution in [3.8, 4) is 11.5 Å². The van der Waals surface area contributed by atoms with E-state index in [-0.39, 0.29) is 17.2 Å². The van der Waals surface area contributed by atoms with E-state index in [0.29, 0.717) is 23.6 Å². The lowest BCUT2D eigenvalue weighted by Crippen LogP contribution is -2.50. The minimum absolute atomic E-state index is 0.0993. The Kier molecular flexibility index (Phi) is 5.15. The third-order valence-electron chi connectivity index (χ3n) is 4.20. The number of carbonyl (C=O) groups is 1. The van der Waals surface area contributed by atoms with Gasteiger partial charge in [0.25, 0.3) is 0 Å². The zero-order chi connectivity index (χ0) is 18.7. The Balaban J connectivity index is 1.82. The van der Waals surface area contributed by atoms with Gasteiger partial charge in [-0.3, -0.25) is 4.79 Å². The molecule has 0 fully saturated rings. The Bertz CT molecular complexity index is 913. The van der Waals surface area contributed by atoms with Gasteiger partial charge in [-0.25, -0.2) is 8.42 Å². The van der Waals surface area contributed by atoms with Crippen LogP contribution in [0.5, 0.6) is 11.5 Å². The van der Waals surface area contributed by atoms with Gasteiger partial charge in [-0.15, -0.1) is 0 Å². The molecule has 1 amide bonds. The maximum atomic E-state index is 12.5. The van der Waals surface area contributed by atoms with Gasteiger partial charge in [0.15, 0.2) is 11.5 Å². The van der Waals surface area contributed by atoms with Gasteiger partial charge in [-0.2, -0.15) is 4.72 Å². The average Bonchev–Trinajstić information content (AvgIpc) is 2.65. The van der Waals surface area contributed by atoms with Crippen molar-refractivity contribution in [1.29, 1.82) is 0 Å². The first-order valence-electron chi connectivity index (χ1n) is 8.03. The molecule has 26 heavy (non-hydrogen) atoms. The molecule has 1 aliphatic rings. The molecule has 0 saturated heterocycles. The first-order valence-corrected chi connectivity index (χ1v) is 9.52. The van der Waals surface area contributed by atoms with Crippen LogP contribution in [0.3, 0.4) is 0 Å². The van der Waals surface area contributed by atoms with Gasteiger partial charge in [0.2, 0.25) is 15.9 Å². The van der Waals surface area contributed by atoms with E-state index >= 15 is 0 Å². The Labute approximate surface area is 152 Å². The van der Waals surface area contributed by atoms with Crippen molar-refractivity contribution in [3.05, 3.63) is 53.6 Å². The van der Waals surface area contributed by atoms with Gasteiger partial charge >= 0.3 is 0 Å². The molecule has 0 bridgehead atoms. The summed E-state index contributed by atoms with van der Waals surface area (Å²) in [6.45, 7) is 0.330. The van der Waals surface area contributed by atoms with Gasteiger partial charge < -0.3 is 14.8 Å². The molecule has 8 heteroatoms. The number of methoxy groups -OCH3 is 2. The molecule has 0 radical (unpaired) electrons. The van der Waals surface area contributed by atoms with Crippen LogP contribution in [0.15, 0.2) is 47.4 Å². The maximum absolute atomic E-state index is 12.5. The molecular formula is C18H20N2O5S. The standard InChI is InChI=1S/C18H20N2O5S/c1-24-15-9-13-8-14(18(21)19-11-12-6-4-3-5-7-12)20-26(22,23)17(13)10-16(15)25-2/h3-7,9-10,14,20H,8,11H2,1-2H3,(H,19,21). The largest absolute Gasteiger partial charge is 0.493 e. The zero-order valence-corrected chi connectivity index (χ0v) is 15.3. The summed E-state index contributed by atoms with van der Waals surface area (Å²) in [7, 11) is -0.910. The van der Waals surface area contributed by atoms with E-state index in [9.17, 15) is 13.2 Å². The van der Waals surface area contributed by atoms with Crippen LogP contribution in [0.1, 0.15) is 11.1 Å². The quantitative estimate of drug-likeness (QED) is 0.818. The fourth-order valence-electron chi connectivity index (χ4n) is 2.88. The maximum Gasteiger partial charge on any atom is 0.241 e. The second-order valence-corrected chi connectivity index (χ2v) is 7.58. The van der Waals surface area contributed by atoms with Gasteiger partial charge in [-0.05, 0) is 23.6 Å². The number of fused-ring (bicyclic) bond motifs is 1. The number of sulfonamides is 1. The number of benzene rings is 2. The van der Waals surface area contributed by atoms with Crippen molar-refractivity contribution in [1.82, 2.24) is 10.0 Å². The van der Waals surface area contributed by atoms with E-state index in [0.717, 1.165) is 5.56 Å². The molecule has 7 nitrogen and oxygen atoms in total. The molecule has 138 valence electrons. The Hall–Kier alpha value is -2.58. The summed E-state index contributed by atoms with van der Waals surface area (Å²) in [6, 6.07) is 11.5. The SMILES string of the molecule is COc1cc2c(cc1OC)S(=O)(=O)NC(C(=O)NCc1ccccc1)C2. The molecule has 0 aliphatic carbocycles. The van der Waals surface area contributed by atoms with Gasteiger partial charge in [0.1, 0.15) is 6.04 Å². The fourth-order valence-corrected chi connectivity index (χ4v) is 4.32. The van der Waals surface area contributed by atoms with E-state index in [2.05, 4.69) is 10.0 Å². The summed E-state index contributed by atoms with van der Waals surface area (Å²) in [4.78, 5) is 12.6. The summed E-state index contributed by atoms with van der Waals surface area (Å²) in [5.74, 6) is 0.369. The third-order valence-corrected chi connectivity index (χ3v) is 5.76. The summed E-state index contributed by atoms with van der Waals surface area (Å²) in [5, 5.41) is 2.77. The highest BCUT2D eigenvalue weighted by Crippen LogP contribution is 2.35. The number of nitrogens with one attached hydrogen (secondary N) is 2. The second-order valence-electron chi connectivity index (χ2n) is 5.90. The minimum atomic E-state index is -3.82. The van der Waals surface area contributed by atoms with Crippen molar-refractivity contribution in [2.45, 2.75) is 23.9 Å². The number of carbonyl (C=O) groups excluding carboxylic acids is 1. The van der Waals surface area contributed by atoms with E-state index < -0.39 is 16.1 Å². The van der Waals surface area contributed by atoms with Crippen LogP contribution in [-0.2, 0) is 27.8 Å². The second kappa shape index (κ2) is 7.35. The van der Waals surface area contributed by atoms with Crippen LogP contribution in [0.2, 0.25) is 0 Å². The van der Waals surface area contributed by atoms with Crippen molar-refractivity contribution in [3.63, 3.8) is 0 Å². The van der Waals surface area contributed by atoms with Gasteiger partial charge in [-0.1, -0.05) is 30.3 Å². The first-order chi connectivity index (χ1) is 12.4. The summed E-state index contributed by atoms with van der Waals surface area (Å²) < 4.78 is 37.9. The molecule has 1 aliphatic heterocycles. The van der Waals surface area contributed by atoms with Crippen molar-refractivity contribution in [2.75, 3.05) is 14.2 Å². The molecule has 3 rings (SSSR count). The molecule has 2 N–H and O–H groups in total. The monoisotopic (exact) mass is 376 g/mol. The predicted octanol–water partition coefficient (Wildman–Crippen LogP) is 1.22. The summed E-state index contributed by atoms with van der Waals surface area (Å²) >= 11 is 0. The Morgan fingerprint density at radius 1 is 1.15 bits per heavy atom. The van der Waals surface area contributed by atoms with E-state index in [1.54, 1.807) is 6.07 Å². The number of hydrogen-bond acceptors (Lipinski definition) is 5. The number of hydrogen-bond donors (Lipinski definition) is 2. The minimum Gasteiger partial charge on any atom is -0.493 e. The topological polar surface area (TPSA) is 93.7 Å². The fraction of sp³-hybridized carbons (Fsp3) is 0.278. The Morgan fingerprint density at radius 2 is 1.81 bits per heavy atom. The highest BCUT2D eigenvalue weighted by atomic mass is 32.2. The highest BCUT2D eigenvalue weighted by Gasteiger charge is 2.34. The van der Waals surface area contributed by atoms with Crippen LogP contribution >= 0.6 is 0 Å². The van der Waals surface area contributed by atoms with Crippen molar-refractivity contribution in [2.24, 2.45) is 0 Å². The molecule has 2 aromatic rings. The summed E-state index contributed by atoms with van der Waals surface area (Å²) in [6.07, 6.45) is 0.232. The van der Waals surface area contributed by atoms with Crippen molar-refractivity contribution >= 4 is 15.9 Å². The lowest BCUT2D eigenvalue weighted by molar-refractivity contribution is -0.122. The molecule has 2 aromatic carbocycles. The lowest BCUT2D eigenvalue weighted by atomic mass is 10.0. The van der Waals surface area contributed by atoms with E-state index in [1.807, 2.05) is 30.3 Å². The van der Waals surface area contributed by atoms with Crippen LogP contribution < -0.4 is 19.5 Å². The predicted molar refractivity (Wildman–Crippen MR) is 95.6 cm³/mol. The first kappa shape index (κ1) is 18.2. The van der Waals surface area contributed by atoms with E-state index in [4.69, 9.17) is 9.47 Å². The molecular weight excluding hydrogens is 356 g/mol. The van der Waals surface area contributed by atoms with Crippen LogP contribution in [0, 0.1) is 0 Å². The average molecular weight is 376 g/mol. The molecule has 1 heterocycles. The lowest BCUT2D eigenvalue weighted by Gasteiger charge is -2.26. The molecule has 0 saturated carbocycles. The van der Waals surface area contributed by atoms with E-state index in [1.165, 1.54) is 20.3 Å². The molecule has 0 aromatic heterocycles. The van der Waals surface area contributed by atoms with Crippen LogP contribution in [-0.4, -0.2) is 34.6 Å². The van der Waals surface area contributed by atoms with Gasteiger partial charge in [0, 0.05) is 12.6 Å². The smallest absolute Gasteiger partial charge is 0.241 e. The van der Waals surface area contributed by atoms with Crippen LogP contribution in [0.25, 0.3) is 0 Å². The highest BCUT2D eigenvalue weighted by molar-refractivity contribution is 7.89.